The molecule has 29 heavy (non-hydrogen) atoms. The highest BCUT2D eigenvalue weighted by Gasteiger charge is 2.08. The smallest absolute Gasteiger partial charge is 0.191 e. The average Bonchev–Trinajstić information content (AvgIpc) is 3.08. The standard InChI is InChI=1S/C22H34N6.HI/c1-23-22(25-10-7-14-27-12-4-2-3-5-13-27)26-17-20-8-6-9-21(16-20)18-28-15-11-24-19-28;/h6,8-9,11,15-16,19H,2-5,7,10,12-14,17-18H2,1H3,(H2,23,25,26);1H. The molecule has 0 unspecified atom stereocenters. The van der Waals surface area contributed by atoms with Gasteiger partial charge in [-0.1, -0.05) is 37.1 Å². The van der Waals surface area contributed by atoms with E-state index in [-0.39, 0.29) is 24.0 Å². The van der Waals surface area contributed by atoms with Gasteiger partial charge in [0, 0.05) is 39.1 Å². The van der Waals surface area contributed by atoms with Gasteiger partial charge >= 0.3 is 0 Å². The Morgan fingerprint density at radius 1 is 1.10 bits per heavy atom. The lowest BCUT2D eigenvalue weighted by molar-refractivity contribution is 0.282. The quantitative estimate of drug-likeness (QED) is 0.247. The summed E-state index contributed by atoms with van der Waals surface area (Å²) in [5.41, 5.74) is 2.53. The monoisotopic (exact) mass is 510 g/mol. The lowest BCUT2D eigenvalue weighted by atomic mass is 10.1. The maximum Gasteiger partial charge on any atom is 0.191 e. The van der Waals surface area contributed by atoms with Gasteiger partial charge in [0.05, 0.1) is 6.33 Å². The fraction of sp³-hybridized carbons (Fsp3) is 0.545. The molecule has 2 heterocycles. The first-order chi connectivity index (χ1) is 13.8. The Morgan fingerprint density at radius 3 is 2.62 bits per heavy atom. The van der Waals surface area contributed by atoms with Crippen molar-refractivity contribution in [3.05, 3.63) is 54.1 Å². The summed E-state index contributed by atoms with van der Waals surface area (Å²) >= 11 is 0. The average molecular weight is 510 g/mol. The lowest BCUT2D eigenvalue weighted by Crippen LogP contribution is -2.38. The molecule has 160 valence electrons. The number of rotatable bonds is 8. The van der Waals surface area contributed by atoms with Crippen LogP contribution >= 0.6 is 24.0 Å². The molecule has 1 fully saturated rings. The second-order valence-corrected chi connectivity index (χ2v) is 7.52. The molecular formula is C22H35IN6. The summed E-state index contributed by atoms with van der Waals surface area (Å²) in [6.07, 6.45) is 12.3. The molecule has 0 atom stereocenters. The van der Waals surface area contributed by atoms with E-state index in [1.807, 2.05) is 25.8 Å². The Bertz CT molecular complexity index is 708. The normalized spacial score (nSPS) is 15.4. The van der Waals surface area contributed by atoms with Crippen LogP contribution < -0.4 is 10.6 Å². The van der Waals surface area contributed by atoms with Crippen molar-refractivity contribution < 1.29 is 0 Å². The Balaban J connectivity index is 0.00000300. The predicted octanol–water partition coefficient (Wildman–Crippen LogP) is 3.48. The van der Waals surface area contributed by atoms with E-state index in [1.165, 1.54) is 56.4 Å². The van der Waals surface area contributed by atoms with Crippen LogP contribution in [0.15, 0.2) is 48.0 Å². The largest absolute Gasteiger partial charge is 0.356 e. The number of guanidine groups is 1. The van der Waals surface area contributed by atoms with Crippen molar-refractivity contribution in [3.8, 4) is 0 Å². The third kappa shape index (κ3) is 8.74. The molecule has 1 aliphatic rings. The number of aromatic nitrogens is 2. The zero-order chi connectivity index (χ0) is 19.4. The fourth-order valence-electron chi connectivity index (χ4n) is 3.70. The van der Waals surface area contributed by atoms with Gasteiger partial charge in [-0.05, 0) is 50.0 Å². The Labute approximate surface area is 192 Å². The number of benzene rings is 1. The summed E-state index contributed by atoms with van der Waals surface area (Å²) in [5.74, 6) is 0.871. The molecule has 0 aliphatic carbocycles. The second-order valence-electron chi connectivity index (χ2n) is 7.52. The topological polar surface area (TPSA) is 57.5 Å². The molecule has 0 amide bonds. The van der Waals surface area contributed by atoms with Gasteiger partial charge in [-0.25, -0.2) is 4.98 Å². The Morgan fingerprint density at radius 2 is 1.90 bits per heavy atom. The van der Waals surface area contributed by atoms with Crippen molar-refractivity contribution in [2.75, 3.05) is 33.2 Å². The number of nitrogens with zero attached hydrogens (tertiary/aromatic N) is 4. The second kappa shape index (κ2) is 13.6. The van der Waals surface area contributed by atoms with Crippen LogP contribution in [-0.2, 0) is 13.1 Å². The van der Waals surface area contributed by atoms with Gasteiger partial charge in [-0.15, -0.1) is 24.0 Å². The van der Waals surface area contributed by atoms with Crippen molar-refractivity contribution >= 4 is 29.9 Å². The van der Waals surface area contributed by atoms with Crippen LogP contribution in [0.5, 0.6) is 0 Å². The number of aliphatic imine (C=N–C) groups is 1. The summed E-state index contributed by atoms with van der Waals surface area (Å²) in [5, 5.41) is 6.87. The van der Waals surface area contributed by atoms with E-state index in [0.717, 1.165) is 32.0 Å². The predicted molar refractivity (Wildman–Crippen MR) is 131 cm³/mol. The highest BCUT2D eigenvalue weighted by Crippen LogP contribution is 2.09. The van der Waals surface area contributed by atoms with Crippen LogP contribution in [0.3, 0.4) is 0 Å². The van der Waals surface area contributed by atoms with Crippen molar-refractivity contribution in [2.45, 2.75) is 45.2 Å². The molecule has 1 saturated heterocycles. The first kappa shape index (κ1) is 23.7. The van der Waals surface area contributed by atoms with Crippen LogP contribution in [0.1, 0.15) is 43.2 Å². The highest BCUT2D eigenvalue weighted by atomic mass is 127. The van der Waals surface area contributed by atoms with E-state index < -0.39 is 0 Å². The molecule has 2 aromatic rings. The molecule has 2 N–H and O–H groups in total. The van der Waals surface area contributed by atoms with Crippen molar-refractivity contribution in [3.63, 3.8) is 0 Å². The van der Waals surface area contributed by atoms with E-state index in [1.54, 1.807) is 0 Å². The van der Waals surface area contributed by atoms with Crippen LogP contribution in [0.25, 0.3) is 0 Å². The van der Waals surface area contributed by atoms with Crippen LogP contribution in [0.4, 0.5) is 0 Å². The zero-order valence-corrected chi connectivity index (χ0v) is 19.8. The van der Waals surface area contributed by atoms with Crippen molar-refractivity contribution in [1.29, 1.82) is 0 Å². The number of hydrogen-bond donors (Lipinski definition) is 2. The van der Waals surface area contributed by atoms with Crippen molar-refractivity contribution in [2.24, 2.45) is 4.99 Å². The molecule has 1 aromatic heterocycles. The first-order valence-electron chi connectivity index (χ1n) is 10.5. The minimum Gasteiger partial charge on any atom is -0.356 e. The summed E-state index contributed by atoms with van der Waals surface area (Å²) in [4.78, 5) is 11.1. The molecule has 3 rings (SSSR count). The van der Waals surface area contributed by atoms with E-state index >= 15 is 0 Å². The first-order valence-corrected chi connectivity index (χ1v) is 10.5. The van der Waals surface area contributed by atoms with Crippen molar-refractivity contribution in [1.82, 2.24) is 25.1 Å². The Kier molecular flexibility index (Phi) is 11.1. The molecule has 0 spiro atoms. The Hall–Kier alpha value is -1.61. The number of nitrogens with one attached hydrogen (secondary N) is 2. The van der Waals surface area contributed by atoms with Gasteiger partial charge in [-0.2, -0.15) is 0 Å². The SMILES string of the molecule is CN=C(NCCCN1CCCCCC1)NCc1cccc(Cn2ccnc2)c1.I. The van der Waals surface area contributed by atoms with E-state index in [2.05, 4.69) is 54.3 Å². The lowest BCUT2D eigenvalue weighted by Gasteiger charge is -2.20. The van der Waals surface area contributed by atoms with Crippen LogP contribution in [-0.4, -0.2) is 53.6 Å². The van der Waals surface area contributed by atoms with E-state index in [9.17, 15) is 0 Å². The van der Waals surface area contributed by atoms with Crippen LogP contribution in [0.2, 0.25) is 0 Å². The zero-order valence-electron chi connectivity index (χ0n) is 17.5. The summed E-state index contributed by atoms with van der Waals surface area (Å²) in [6.45, 7) is 6.28. The number of halogens is 1. The summed E-state index contributed by atoms with van der Waals surface area (Å²) in [6, 6.07) is 8.65. The van der Waals surface area contributed by atoms with Gasteiger partial charge in [0.2, 0.25) is 0 Å². The summed E-state index contributed by atoms with van der Waals surface area (Å²) < 4.78 is 2.08. The van der Waals surface area contributed by atoms with Gasteiger partial charge in [0.1, 0.15) is 0 Å². The maximum absolute atomic E-state index is 4.35. The van der Waals surface area contributed by atoms with Gasteiger partial charge in [0.25, 0.3) is 0 Å². The van der Waals surface area contributed by atoms with E-state index in [0.29, 0.717) is 0 Å². The molecule has 6 nitrogen and oxygen atoms in total. The van der Waals surface area contributed by atoms with Gasteiger partial charge in [-0.3, -0.25) is 4.99 Å². The van der Waals surface area contributed by atoms with Gasteiger partial charge < -0.3 is 20.1 Å². The molecular weight excluding hydrogens is 475 g/mol. The highest BCUT2D eigenvalue weighted by molar-refractivity contribution is 14.0. The minimum absolute atomic E-state index is 0. The minimum atomic E-state index is 0. The molecule has 0 saturated carbocycles. The number of hydrogen-bond acceptors (Lipinski definition) is 3. The third-order valence-electron chi connectivity index (χ3n) is 5.24. The summed E-state index contributed by atoms with van der Waals surface area (Å²) in [7, 11) is 1.83. The maximum atomic E-state index is 4.35. The molecule has 1 aromatic carbocycles. The number of imidazole rings is 1. The molecule has 0 bridgehead atoms. The fourth-order valence-corrected chi connectivity index (χ4v) is 3.70. The van der Waals surface area contributed by atoms with Gasteiger partial charge in [0.15, 0.2) is 5.96 Å². The molecule has 0 radical (unpaired) electrons. The molecule has 7 heteroatoms. The molecule has 1 aliphatic heterocycles. The third-order valence-corrected chi connectivity index (χ3v) is 5.24. The van der Waals surface area contributed by atoms with Crippen LogP contribution in [0, 0.1) is 0 Å². The number of likely N-dealkylation sites (tertiary alicyclic amines) is 1. The van der Waals surface area contributed by atoms with E-state index in [4.69, 9.17) is 0 Å².